The highest BCUT2D eigenvalue weighted by molar-refractivity contribution is 7.26. The number of benzene rings is 7. The van der Waals surface area contributed by atoms with Crippen LogP contribution < -0.4 is 0 Å². The fraction of sp³-hybridized carbons (Fsp3) is 0. The number of thiophene rings is 1. The molecule has 0 aliphatic carbocycles. The summed E-state index contributed by atoms with van der Waals surface area (Å²) in [5.41, 5.74) is 7.69. The lowest BCUT2D eigenvalue weighted by Gasteiger charge is -2.11. The Morgan fingerprint density at radius 1 is 0.319 bits per heavy atom. The van der Waals surface area contributed by atoms with Crippen molar-refractivity contribution >= 4 is 42.3 Å². The van der Waals surface area contributed by atoms with Gasteiger partial charge in [0, 0.05) is 36.9 Å². The molecular weight excluding hydrogens is 591 g/mol. The molecule has 0 aliphatic rings. The van der Waals surface area contributed by atoms with E-state index in [4.69, 9.17) is 15.0 Å². The Bertz CT molecular complexity index is 2550. The van der Waals surface area contributed by atoms with Crippen LogP contribution in [0.5, 0.6) is 0 Å². The van der Waals surface area contributed by atoms with Gasteiger partial charge in [0.05, 0.1) is 0 Å². The summed E-state index contributed by atoms with van der Waals surface area (Å²) in [6.07, 6.45) is 0. The van der Waals surface area contributed by atoms with Crippen LogP contribution in [-0.4, -0.2) is 15.0 Å². The predicted molar refractivity (Wildman–Crippen MR) is 197 cm³/mol. The molecule has 0 spiro atoms. The van der Waals surface area contributed by atoms with Gasteiger partial charge in [-0.05, 0) is 45.2 Å². The van der Waals surface area contributed by atoms with Crippen molar-refractivity contribution in [3.8, 4) is 56.4 Å². The van der Waals surface area contributed by atoms with E-state index in [2.05, 4.69) is 158 Å². The lowest BCUT2D eigenvalue weighted by Crippen LogP contribution is -2.00. The SMILES string of the molecule is c1ccc(-c2ccc(-c3ccc(-c4nc(-c5cccc6ccccc56)nc(-c5cccc6c5sc5ccccc56)n4)cc3)cc2)cc1. The average Bonchev–Trinajstić information content (AvgIpc) is 3.54. The van der Waals surface area contributed by atoms with Gasteiger partial charge in [-0.1, -0.05) is 152 Å². The van der Waals surface area contributed by atoms with Crippen molar-refractivity contribution in [1.29, 1.82) is 0 Å². The summed E-state index contributed by atoms with van der Waals surface area (Å²) in [5, 5.41) is 4.75. The van der Waals surface area contributed by atoms with Crippen LogP contribution in [0.4, 0.5) is 0 Å². The maximum atomic E-state index is 5.15. The van der Waals surface area contributed by atoms with Gasteiger partial charge in [-0.3, -0.25) is 0 Å². The molecule has 3 nitrogen and oxygen atoms in total. The van der Waals surface area contributed by atoms with Gasteiger partial charge in [-0.25, -0.2) is 15.0 Å². The molecular formula is C43H27N3S. The Labute approximate surface area is 276 Å². The van der Waals surface area contributed by atoms with Crippen molar-refractivity contribution in [2.75, 3.05) is 0 Å². The second-order valence-electron chi connectivity index (χ2n) is 11.6. The highest BCUT2D eigenvalue weighted by atomic mass is 32.1. The first kappa shape index (κ1) is 27.3. The van der Waals surface area contributed by atoms with Gasteiger partial charge >= 0.3 is 0 Å². The molecule has 0 unspecified atom stereocenters. The van der Waals surface area contributed by atoms with Crippen LogP contribution in [-0.2, 0) is 0 Å². The zero-order chi connectivity index (χ0) is 31.2. The van der Waals surface area contributed by atoms with Crippen LogP contribution in [0.3, 0.4) is 0 Å². The van der Waals surface area contributed by atoms with Crippen LogP contribution in [0.1, 0.15) is 0 Å². The lowest BCUT2D eigenvalue weighted by molar-refractivity contribution is 1.08. The highest BCUT2D eigenvalue weighted by Crippen LogP contribution is 2.40. The second-order valence-corrected chi connectivity index (χ2v) is 12.7. The van der Waals surface area contributed by atoms with Crippen molar-refractivity contribution in [3.05, 3.63) is 164 Å². The number of hydrogen-bond donors (Lipinski definition) is 0. The Balaban J connectivity index is 1.17. The van der Waals surface area contributed by atoms with Crippen LogP contribution in [0, 0.1) is 0 Å². The maximum absolute atomic E-state index is 5.15. The standard InChI is InChI=1S/C43H27N3S/c1-2-10-28(11-3-1)29-20-22-30(23-21-29)31-24-26-33(27-25-31)41-44-42(37-17-8-13-32-12-4-5-14-34(32)37)46-43(45-41)38-18-9-16-36-35-15-6-7-19-39(35)47-40(36)38/h1-27H. The van der Waals surface area contributed by atoms with Crippen molar-refractivity contribution < 1.29 is 0 Å². The van der Waals surface area contributed by atoms with Gasteiger partial charge in [0.1, 0.15) is 0 Å². The number of nitrogens with zero attached hydrogens (tertiary/aromatic N) is 3. The molecule has 0 fully saturated rings. The molecule has 9 aromatic rings. The highest BCUT2D eigenvalue weighted by Gasteiger charge is 2.17. The van der Waals surface area contributed by atoms with Gasteiger partial charge in [-0.2, -0.15) is 0 Å². The van der Waals surface area contributed by atoms with E-state index in [9.17, 15) is 0 Å². The first-order valence-corrected chi connectivity index (χ1v) is 16.5. The molecule has 0 aliphatic heterocycles. The molecule has 2 heterocycles. The molecule has 0 amide bonds. The molecule has 7 aromatic carbocycles. The molecule has 0 bridgehead atoms. The smallest absolute Gasteiger partial charge is 0.165 e. The van der Waals surface area contributed by atoms with Gasteiger partial charge in [0.2, 0.25) is 0 Å². The Kier molecular flexibility index (Phi) is 6.65. The summed E-state index contributed by atoms with van der Waals surface area (Å²) in [7, 11) is 0. The monoisotopic (exact) mass is 617 g/mol. The minimum Gasteiger partial charge on any atom is -0.208 e. The molecule has 47 heavy (non-hydrogen) atoms. The fourth-order valence-corrected chi connectivity index (χ4v) is 7.60. The molecule has 4 heteroatoms. The van der Waals surface area contributed by atoms with Crippen molar-refractivity contribution in [3.63, 3.8) is 0 Å². The number of hydrogen-bond acceptors (Lipinski definition) is 4. The second kappa shape index (κ2) is 11.4. The van der Waals surface area contributed by atoms with E-state index in [1.54, 1.807) is 11.3 Å². The molecule has 0 atom stereocenters. The largest absolute Gasteiger partial charge is 0.208 e. The first-order chi connectivity index (χ1) is 23.3. The van der Waals surface area contributed by atoms with Crippen molar-refractivity contribution in [2.45, 2.75) is 0 Å². The Morgan fingerprint density at radius 2 is 0.809 bits per heavy atom. The molecule has 0 saturated carbocycles. The maximum Gasteiger partial charge on any atom is 0.165 e. The molecule has 9 rings (SSSR count). The number of fused-ring (bicyclic) bond motifs is 4. The zero-order valence-electron chi connectivity index (χ0n) is 25.3. The van der Waals surface area contributed by atoms with Crippen LogP contribution in [0.25, 0.3) is 87.4 Å². The zero-order valence-corrected chi connectivity index (χ0v) is 26.2. The van der Waals surface area contributed by atoms with E-state index < -0.39 is 0 Å². The summed E-state index contributed by atoms with van der Waals surface area (Å²) in [4.78, 5) is 15.4. The fourth-order valence-electron chi connectivity index (χ4n) is 6.39. The first-order valence-electron chi connectivity index (χ1n) is 15.7. The van der Waals surface area contributed by atoms with E-state index in [1.165, 1.54) is 36.9 Å². The summed E-state index contributed by atoms with van der Waals surface area (Å²) < 4.78 is 2.44. The van der Waals surface area contributed by atoms with E-state index >= 15 is 0 Å². The minimum absolute atomic E-state index is 0.655. The van der Waals surface area contributed by atoms with Gasteiger partial charge in [-0.15, -0.1) is 11.3 Å². The molecule has 220 valence electrons. The molecule has 0 saturated heterocycles. The predicted octanol–water partition coefficient (Wildman–Crippen LogP) is 11.7. The summed E-state index contributed by atoms with van der Waals surface area (Å²) in [6.45, 7) is 0. The Morgan fingerprint density at radius 3 is 1.55 bits per heavy atom. The van der Waals surface area contributed by atoms with Gasteiger partial charge in [0.15, 0.2) is 17.5 Å². The van der Waals surface area contributed by atoms with Gasteiger partial charge in [0.25, 0.3) is 0 Å². The summed E-state index contributed by atoms with van der Waals surface area (Å²) in [6, 6.07) is 57.4. The van der Waals surface area contributed by atoms with E-state index in [0.717, 1.165) is 33.0 Å². The lowest BCUT2D eigenvalue weighted by atomic mass is 9.99. The van der Waals surface area contributed by atoms with Crippen LogP contribution in [0.15, 0.2) is 164 Å². The van der Waals surface area contributed by atoms with E-state index in [1.807, 2.05) is 6.07 Å². The Hall–Kier alpha value is -5.97. The summed E-state index contributed by atoms with van der Waals surface area (Å²) >= 11 is 1.79. The third kappa shape index (κ3) is 4.96. The minimum atomic E-state index is 0.655. The number of aromatic nitrogens is 3. The molecule has 2 aromatic heterocycles. The summed E-state index contributed by atoms with van der Waals surface area (Å²) in [5.74, 6) is 2.00. The molecule has 0 N–H and O–H groups in total. The van der Waals surface area contributed by atoms with Crippen LogP contribution in [0.2, 0.25) is 0 Å². The van der Waals surface area contributed by atoms with E-state index in [0.29, 0.717) is 17.5 Å². The van der Waals surface area contributed by atoms with Crippen LogP contribution >= 0.6 is 11.3 Å². The third-order valence-electron chi connectivity index (χ3n) is 8.78. The van der Waals surface area contributed by atoms with Crippen molar-refractivity contribution in [1.82, 2.24) is 15.0 Å². The van der Waals surface area contributed by atoms with Crippen molar-refractivity contribution in [2.24, 2.45) is 0 Å². The average molecular weight is 618 g/mol. The van der Waals surface area contributed by atoms with E-state index in [-0.39, 0.29) is 0 Å². The van der Waals surface area contributed by atoms with Gasteiger partial charge < -0.3 is 0 Å². The number of rotatable bonds is 5. The molecule has 0 radical (unpaired) electrons. The topological polar surface area (TPSA) is 38.7 Å². The normalized spacial score (nSPS) is 11.4. The quantitative estimate of drug-likeness (QED) is 0.193. The third-order valence-corrected chi connectivity index (χ3v) is 10.00.